The molecule has 2 fully saturated rings. The van der Waals surface area contributed by atoms with Crippen molar-refractivity contribution in [1.29, 1.82) is 0 Å². The summed E-state index contributed by atoms with van der Waals surface area (Å²) >= 11 is 0. The van der Waals surface area contributed by atoms with E-state index >= 15 is 0 Å². The van der Waals surface area contributed by atoms with Gasteiger partial charge in [-0.3, -0.25) is 4.79 Å². The highest BCUT2D eigenvalue weighted by molar-refractivity contribution is 5.94. The summed E-state index contributed by atoms with van der Waals surface area (Å²) in [5.74, 6) is 0.0761. The molecular weight excluding hydrogens is 476 g/mol. The SMILES string of the molecule is C[C@H](OC(=O)NC(C)(C)C)c1oc(-c2ccc(OC(F)F)c(OCC3CC3)c2)nc1C(=O)NC1CC1. The lowest BCUT2D eigenvalue weighted by Gasteiger charge is -2.21. The van der Waals surface area contributed by atoms with Crippen LogP contribution in [-0.4, -0.2) is 41.8 Å². The van der Waals surface area contributed by atoms with Gasteiger partial charge >= 0.3 is 12.7 Å². The molecule has 2 saturated carbocycles. The first kappa shape index (κ1) is 25.7. The lowest BCUT2D eigenvalue weighted by Crippen LogP contribution is -2.41. The second-order valence-electron chi connectivity index (χ2n) is 10.2. The first-order valence-electron chi connectivity index (χ1n) is 12.0. The molecule has 11 heteroatoms. The smallest absolute Gasteiger partial charge is 0.408 e. The van der Waals surface area contributed by atoms with E-state index in [9.17, 15) is 18.4 Å². The minimum atomic E-state index is -3.01. The molecule has 0 aliphatic heterocycles. The number of carbonyl (C=O) groups is 2. The number of amides is 2. The summed E-state index contributed by atoms with van der Waals surface area (Å²) in [7, 11) is 0. The van der Waals surface area contributed by atoms with Crippen molar-refractivity contribution in [3.05, 3.63) is 29.7 Å². The number of alkyl halides is 2. The Labute approximate surface area is 207 Å². The maximum atomic E-state index is 12.9. The predicted molar refractivity (Wildman–Crippen MR) is 125 cm³/mol. The van der Waals surface area contributed by atoms with E-state index in [-0.39, 0.29) is 34.9 Å². The van der Waals surface area contributed by atoms with Gasteiger partial charge in [0.25, 0.3) is 5.91 Å². The third-order valence-corrected chi connectivity index (χ3v) is 5.49. The van der Waals surface area contributed by atoms with Crippen LogP contribution in [0.2, 0.25) is 0 Å². The Balaban J connectivity index is 1.62. The molecule has 1 aromatic carbocycles. The zero-order valence-corrected chi connectivity index (χ0v) is 20.7. The van der Waals surface area contributed by atoms with Crippen LogP contribution in [0.15, 0.2) is 22.6 Å². The Bertz CT molecular complexity index is 1110. The van der Waals surface area contributed by atoms with Gasteiger partial charge in [0.15, 0.2) is 29.1 Å². The molecule has 1 atom stereocenters. The Morgan fingerprint density at radius 3 is 2.50 bits per heavy atom. The Morgan fingerprint density at radius 2 is 1.89 bits per heavy atom. The molecule has 0 unspecified atom stereocenters. The van der Waals surface area contributed by atoms with Crippen molar-refractivity contribution in [2.24, 2.45) is 5.92 Å². The summed E-state index contributed by atoms with van der Waals surface area (Å²) in [6.07, 6.45) is 2.19. The van der Waals surface area contributed by atoms with Crippen molar-refractivity contribution in [2.45, 2.75) is 77.7 Å². The van der Waals surface area contributed by atoms with E-state index in [0.717, 1.165) is 25.7 Å². The zero-order chi connectivity index (χ0) is 26.0. The van der Waals surface area contributed by atoms with Gasteiger partial charge in [-0.1, -0.05) is 0 Å². The third kappa shape index (κ3) is 7.08. The summed E-state index contributed by atoms with van der Waals surface area (Å²) in [6, 6.07) is 4.38. The van der Waals surface area contributed by atoms with Crippen LogP contribution < -0.4 is 20.1 Å². The highest BCUT2D eigenvalue weighted by Gasteiger charge is 2.32. The van der Waals surface area contributed by atoms with Gasteiger partial charge in [0.05, 0.1) is 6.61 Å². The van der Waals surface area contributed by atoms with E-state index < -0.39 is 30.3 Å². The highest BCUT2D eigenvalue weighted by atomic mass is 19.3. The standard InChI is InChI=1S/C25H31F2N3O6/c1-13(34-24(32)30-25(2,3)4)20-19(21(31)28-16-8-9-16)29-22(36-20)15-7-10-17(35-23(26)27)18(11-15)33-12-14-5-6-14/h7,10-11,13-14,16,23H,5-6,8-9,12H2,1-4H3,(H,28,31)(H,30,32)/t13-/m0/s1. The summed E-state index contributed by atoms with van der Waals surface area (Å²) in [5, 5.41) is 5.55. The van der Waals surface area contributed by atoms with Crippen molar-refractivity contribution >= 4 is 12.0 Å². The van der Waals surface area contributed by atoms with E-state index in [1.807, 2.05) is 20.8 Å². The van der Waals surface area contributed by atoms with Crippen LogP contribution in [0.4, 0.5) is 13.6 Å². The average molecular weight is 508 g/mol. The molecular formula is C25H31F2N3O6. The molecule has 0 radical (unpaired) electrons. The summed E-state index contributed by atoms with van der Waals surface area (Å²) in [6.45, 7) is 4.37. The highest BCUT2D eigenvalue weighted by Crippen LogP contribution is 2.37. The van der Waals surface area contributed by atoms with Gasteiger partial charge < -0.3 is 29.3 Å². The van der Waals surface area contributed by atoms with Crippen LogP contribution >= 0.6 is 0 Å². The molecule has 9 nitrogen and oxygen atoms in total. The number of rotatable bonds is 10. The Hall–Kier alpha value is -3.37. The third-order valence-electron chi connectivity index (χ3n) is 5.49. The normalized spacial score (nSPS) is 16.4. The number of ether oxygens (including phenoxy) is 3. The first-order valence-corrected chi connectivity index (χ1v) is 12.0. The van der Waals surface area contributed by atoms with Gasteiger partial charge in [-0.05, 0) is 77.5 Å². The van der Waals surface area contributed by atoms with Crippen LogP contribution in [0.1, 0.15) is 75.7 Å². The monoisotopic (exact) mass is 507 g/mol. The lowest BCUT2D eigenvalue weighted by molar-refractivity contribution is -0.0515. The van der Waals surface area contributed by atoms with Crippen molar-refractivity contribution < 1.29 is 37.0 Å². The van der Waals surface area contributed by atoms with Gasteiger partial charge in [0, 0.05) is 17.1 Å². The fourth-order valence-corrected chi connectivity index (χ4v) is 3.36. The number of hydrogen-bond donors (Lipinski definition) is 2. The maximum absolute atomic E-state index is 12.9. The largest absolute Gasteiger partial charge is 0.489 e. The van der Waals surface area contributed by atoms with Crippen molar-refractivity contribution in [3.63, 3.8) is 0 Å². The number of nitrogens with one attached hydrogen (secondary N) is 2. The molecule has 4 rings (SSSR count). The van der Waals surface area contributed by atoms with Gasteiger partial charge in [-0.25, -0.2) is 9.78 Å². The quantitative estimate of drug-likeness (QED) is 0.454. The Morgan fingerprint density at radius 1 is 1.17 bits per heavy atom. The van der Waals surface area contributed by atoms with E-state index in [1.165, 1.54) is 18.2 Å². The number of carbonyl (C=O) groups excluding carboxylic acids is 2. The molecule has 2 N–H and O–H groups in total. The number of aromatic nitrogens is 1. The Kier molecular flexibility index (Phi) is 7.37. The van der Waals surface area contributed by atoms with Gasteiger partial charge in [-0.2, -0.15) is 8.78 Å². The summed E-state index contributed by atoms with van der Waals surface area (Å²) in [5.41, 5.74) is -0.143. The topological polar surface area (TPSA) is 112 Å². The molecule has 2 amide bonds. The van der Waals surface area contributed by atoms with Crippen molar-refractivity contribution in [1.82, 2.24) is 15.6 Å². The molecule has 2 aliphatic rings. The molecule has 36 heavy (non-hydrogen) atoms. The van der Waals surface area contributed by atoms with E-state index in [4.69, 9.17) is 13.9 Å². The molecule has 2 aromatic rings. The maximum Gasteiger partial charge on any atom is 0.408 e. The van der Waals surface area contributed by atoms with E-state index in [1.54, 1.807) is 6.92 Å². The fraction of sp³-hybridized carbons (Fsp3) is 0.560. The number of benzene rings is 1. The number of halogens is 2. The minimum Gasteiger partial charge on any atom is -0.489 e. The lowest BCUT2D eigenvalue weighted by atomic mass is 10.1. The minimum absolute atomic E-state index is 0.0127. The van der Waals surface area contributed by atoms with Crippen LogP contribution in [-0.2, 0) is 4.74 Å². The fourth-order valence-electron chi connectivity index (χ4n) is 3.36. The molecule has 2 aliphatic carbocycles. The van der Waals surface area contributed by atoms with Crippen LogP contribution in [0.5, 0.6) is 11.5 Å². The van der Waals surface area contributed by atoms with Gasteiger partial charge in [0.2, 0.25) is 5.89 Å². The predicted octanol–water partition coefficient (Wildman–Crippen LogP) is 5.21. The van der Waals surface area contributed by atoms with Crippen LogP contribution in [0, 0.1) is 5.92 Å². The summed E-state index contributed by atoms with van der Waals surface area (Å²) < 4.78 is 47.4. The van der Waals surface area contributed by atoms with E-state index in [2.05, 4.69) is 20.4 Å². The molecule has 1 aromatic heterocycles. The van der Waals surface area contributed by atoms with Crippen molar-refractivity contribution in [3.8, 4) is 23.0 Å². The van der Waals surface area contributed by atoms with E-state index in [0.29, 0.717) is 18.1 Å². The van der Waals surface area contributed by atoms with Gasteiger partial charge in [0.1, 0.15) is 0 Å². The molecule has 196 valence electrons. The molecule has 1 heterocycles. The number of nitrogens with zero attached hydrogens (tertiary/aromatic N) is 1. The second-order valence-corrected chi connectivity index (χ2v) is 10.2. The molecule has 0 bridgehead atoms. The molecule has 0 saturated heterocycles. The first-order chi connectivity index (χ1) is 17.0. The average Bonchev–Trinajstić information content (AvgIpc) is 3.70. The van der Waals surface area contributed by atoms with Gasteiger partial charge in [-0.15, -0.1) is 0 Å². The number of alkyl carbamates (subject to hydrolysis) is 1. The molecule has 0 spiro atoms. The van der Waals surface area contributed by atoms with Crippen LogP contribution in [0.25, 0.3) is 11.5 Å². The second kappa shape index (κ2) is 10.3. The number of oxazole rings is 1. The summed E-state index contributed by atoms with van der Waals surface area (Å²) in [4.78, 5) is 29.6. The zero-order valence-electron chi connectivity index (χ0n) is 20.7. The number of hydrogen-bond acceptors (Lipinski definition) is 7. The van der Waals surface area contributed by atoms with Crippen molar-refractivity contribution in [2.75, 3.05) is 6.61 Å². The van der Waals surface area contributed by atoms with Crippen LogP contribution in [0.3, 0.4) is 0 Å².